The number of carbonyl (C=O) groups excluding carboxylic acids is 1. The number of amides is 2. The molecule has 0 aliphatic carbocycles. The summed E-state index contributed by atoms with van der Waals surface area (Å²) in [6, 6.07) is 14.1. The van der Waals surface area contributed by atoms with E-state index in [9.17, 15) is 4.79 Å². The van der Waals surface area contributed by atoms with Crippen molar-refractivity contribution in [2.75, 3.05) is 10.6 Å². The van der Waals surface area contributed by atoms with E-state index in [2.05, 4.69) is 20.6 Å². The minimum absolute atomic E-state index is 0.316. The number of carbonyl (C=O) groups is 1. The highest BCUT2D eigenvalue weighted by atomic mass is 35.5. The molecule has 0 atom stereocenters. The van der Waals surface area contributed by atoms with Crippen LogP contribution in [-0.2, 0) is 0 Å². The molecule has 0 saturated carbocycles. The van der Waals surface area contributed by atoms with Crippen molar-refractivity contribution in [2.45, 2.75) is 0 Å². The van der Waals surface area contributed by atoms with Gasteiger partial charge in [0, 0.05) is 22.0 Å². The fourth-order valence-corrected chi connectivity index (χ4v) is 2.13. The van der Waals surface area contributed by atoms with Gasteiger partial charge in [-0.25, -0.2) is 9.78 Å². The van der Waals surface area contributed by atoms with Crippen molar-refractivity contribution in [3.8, 4) is 11.3 Å². The van der Waals surface area contributed by atoms with Crippen molar-refractivity contribution in [1.82, 2.24) is 9.97 Å². The van der Waals surface area contributed by atoms with Crippen LogP contribution in [0.1, 0.15) is 0 Å². The third-order valence-corrected chi connectivity index (χ3v) is 3.28. The van der Waals surface area contributed by atoms with Gasteiger partial charge in [0.25, 0.3) is 0 Å². The van der Waals surface area contributed by atoms with Gasteiger partial charge in [-0.15, -0.1) is 0 Å². The number of nitrogens with one attached hydrogen (secondary N) is 3. The van der Waals surface area contributed by atoms with Crippen molar-refractivity contribution < 1.29 is 4.79 Å². The molecule has 0 aliphatic heterocycles. The summed E-state index contributed by atoms with van der Waals surface area (Å²) in [4.78, 5) is 19.0. The Morgan fingerprint density at radius 1 is 1.05 bits per heavy atom. The second-order valence-electron chi connectivity index (χ2n) is 4.63. The van der Waals surface area contributed by atoms with Gasteiger partial charge < -0.3 is 15.6 Å². The van der Waals surface area contributed by atoms with Crippen LogP contribution in [0.5, 0.6) is 0 Å². The van der Waals surface area contributed by atoms with Crippen LogP contribution in [0.3, 0.4) is 0 Å². The molecular formula is C16H13ClN4O. The van der Waals surface area contributed by atoms with Crippen LogP contribution >= 0.6 is 11.6 Å². The first-order chi connectivity index (χ1) is 10.7. The van der Waals surface area contributed by atoms with Gasteiger partial charge in [-0.3, -0.25) is 0 Å². The van der Waals surface area contributed by atoms with Crippen LogP contribution in [0, 0.1) is 0 Å². The highest BCUT2D eigenvalue weighted by Gasteiger charge is 2.05. The second kappa shape index (κ2) is 6.32. The first-order valence-electron chi connectivity index (χ1n) is 6.63. The Bertz CT molecular complexity index is 769. The van der Waals surface area contributed by atoms with Crippen LogP contribution in [0.15, 0.2) is 61.1 Å². The van der Waals surface area contributed by atoms with E-state index in [0.29, 0.717) is 16.4 Å². The molecule has 5 nitrogen and oxygen atoms in total. The second-order valence-corrected chi connectivity index (χ2v) is 5.07. The Morgan fingerprint density at radius 2 is 1.82 bits per heavy atom. The van der Waals surface area contributed by atoms with E-state index in [-0.39, 0.29) is 6.03 Å². The van der Waals surface area contributed by atoms with E-state index in [4.69, 9.17) is 11.6 Å². The number of halogens is 1. The summed E-state index contributed by atoms with van der Waals surface area (Å²) in [6.07, 6.45) is 3.34. The SMILES string of the molecule is O=C(Nc1ccc(Cl)cc1)Nc1cccc(-c2cnc[nH]2)c1. The van der Waals surface area contributed by atoms with E-state index in [1.54, 1.807) is 36.8 Å². The number of H-pyrrole nitrogens is 1. The largest absolute Gasteiger partial charge is 0.345 e. The van der Waals surface area contributed by atoms with Gasteiger partial charge in [-0.05, 0) is 36.4 Å². The highest BCUT2D eigenvalue weighted by Crippen LogP contribution is 2.20. The maximum atomic E-state index is 12.0. The molecule has 0 aliphatic rings. The van der Waals surface area contributed by atoms with E-state index in [0.717, 1.165) is 11.3 Å². The summed E-state index contributed by atoms with van der Waals surface area (Å²) in [5.41, 5.74) is 3.20. The van der Waals surface area contributed by atoms with Crippen LogP contribution in [-0.4, -0.2) is 16.0 Å². The maximum Gasteiger partial charge on any atom is 0.323 e. The average molecular weight is 313 g/mol. The molecule has 0 radical (unpaired) electrons. The van der Waals surface area contributed by atoms with Gasteiger partial charge in [0.1, 0.15) is 0 Å². The Hall–Kier alpha value is -2.79. The van der Waals surface area contributed by atoms with Crippen LogP contribution in [0.25, 0.3) is 11.3 Å². The normalized spacial score (nSPS) is 10.2. The lowest BCUT2D eigenvalue weighted by molar-refractivity contribution is 0.262. The summed E-state index contributed by atoms with van der Waals surface area (Å²) in [5, 5.41) is 6.16. The zero-order chi connectivity index (χ0) is 15.4. The molecule has 2 amide bonds. The third-order valence-electron chi connectivity index (χ3n) is 3.03. The summed E-state index contributed by atoms with van der Waals surface area (Å²) >= 11 is 5.81. The number of anilines is 2. The van der Waals surface area contributed by atoms with Crippen LogP contribution in [0.2, 0.25) is 5.02 Å². The number of benzene rings is 2. The standard InChI is InChI=1S/C16H13ClN4O/c17-12-4-6-13(7-5-12)20-16(22)21-14-3-1-2-11(8-14)15-9-18-10-19-15/h1-10H,(H,18,19)(H2,20,21,22). The van der Waals surface area contributed by atoms with Crippen molar-refractivity contribution in [2.24, 2.45) is 0 Å². The Kier molecular flexibility index (Phi) is 4.07. The summed E-state index contributed by atoms with van der Waals surface area (Å²) < 4.78 is 0. The molecule has 3 N–H and O–H groups in total. The molecule has 0 unspecified atom stereocenters. The van der Waals surface area contributed by atoms with Crippen LogP contribution in [0.4, 0.5) is 16.2 Å². The molecule has 3 aromatic rings. The number of aromatic nitrogens is 2. The summed E-state index contributed by atoms with van der Waals surface area (Å²) in [6.45, 7) is 0. The fourth-order valence-electron chi connectivity index (χ4n) is 2.00. The summed E-state index contributed by atoms with van der Waals surface area (Å²) in [5.74, 6) is 0. The van der Waals surface area contributed by atoms with Gasteiger partial charge in [0.15, 0.2) is 0 Å². The highest BCUT2D eigenvalue weighted by molar-refractivity contribution is 6.30. The monoisotopic (exact) mass is 312 g/mol. The predicted octanol–water partition coefficient (Wildman–Crippen LogP) is 4.37. The summed E-state index contributed by atoms with van der Waals surface area (Å²) in [7, 11) is 0. The van der Waals surface area contributed by atoms with E-state index >= 15 is 0 Å². The molecule has 1 heterocycles. The predicted molar refractivity (Wildman–Crippen MR) is 88.1 cm³/mol. The number of aromatic amines is 1. The third kappa shape index (κ3) is 3.45. The molecule has 0 saturated heterocycles. The topological polar surface area (TPSA) is 69.8 Å². The minimum atomic E-state index is -0.316. The molecule has 3 rings (SSSR count). The maximum absolute atomic E-state index is 12.0. The van der Waals surface area contributed by atoms with Crippen molar-refractivity contribution in [3.05, 3.63) is 66.1 Å². The molecule has 1 aromatic heterocycles. The number of rotatable bonds is 3. The number of hydrogen-bond donors (Lipinski definition) is 3. The number of urea groups is 1. The molecule has 0 spiro atoms. The number of imidazole rings is 1. The van der Waals surface area contributed by atoms with E-state index < -0.39 is 0 Å². The van der Waals surface area contributed by atoms with Gasteiger partial charge in [-0.1, -0.05) is 23.7 Å². The lowest BCUT2D eigenvalue weighted by Gasteiger charge is -2.08. The average Bonchev–Trinajstić information content (AvgIpc) is 3.04. The van der Waals surface area contributed by atoms with E-state index in [1.807, 2.05) is 24.3 Å². The quantitative estimate of drug-likeness (QED) is 0.672. The van der Waals surface area contributed by atoms with E-state index in [1.165, 1.54) is 0 Å². The zero-order valence-corrected chi connectivity index (χ0v) is 12.3. The molecule has 0 fully saturated rings. The molecule has 2 aromatic carbocycles. The van der Waals surface area contributed by atoms with Gasteiger partial charge >= 0.3 is 6.03 Å². The smallest absolute Gasteiger partial charge is 0.323 e. The minimum Gasteiger partial charge on any atom is -0.345 e. The molecule has 0 bridgehead atoms. The molecular weight excluding hydrogens is 300 g/mol. The molecule has 22 heavy (non-hydrogen) atoms. The Balaban J connectivity index is 1.69. The van der Waals surface area contributed by atoms with Gasteiger partial charge in [0.05, 0.1) is 18.2 Å². The first-order valence-corrected chi connectivity index (χ1v) is 7.01. The lowest BCUT2D eigenvalue weighted by Crippen LogP contribution is -2.19. The van der Waals surface area contributed by atoms with Crippen molar-refractivity contribution in [1.29, 1.82) is 0 Å². The number of nitrogens with zero attached hydrogens (tertiary/aromatic N) is 1. The molecule has 6 heteroatoms. The van der Waals surface area contributed by atoms with Crippen molar-refractivity contribution >= 4 is 29.0 Å². The first kappa shape index (κ1) is 14.2. The van der Waals surface area contributed by atoms with Gasteiger partial charge in [0.2, 0.25) is 0 Å². The fraction of sp³-hybridized carbons (Fsp3) is 0. The lowest BCUT2D eigenvalue weighted by atomic mass is 10.1. The van der Waals surface area contributed by atoms with Crippen molar-refractivity contribution in [3.63, 3.8) is 0 Å². The zero-order valence-electron chi connectivity index (χ0n) is 11.5. The Morgan fingerprint density at radius 3 is 2.55 bits per heavy atom. The Labute approximate surface area is 132 Å². The molecule has 110 valence electrons. The van der Waals surface area contributed by atoms with Gasteiger partial charge in [-0.2, -0.15) is 0 Å². The number of hydrogen-bond acceptors (Lipinski definition) is 2. The van der Waals surface area contributed by atoms with Crippen LogP contribution < -0.4 is 10.6 Å².